The van der Waals surface area contributed by atoms with E-state index in [2.05, 4.69) is 106 Å². The molecule has 23 rings (SSSR count). The van der Waals surface area contributed by atoms with Gasteiger partial charge in [-0.15, -0.1) is 34.0 Å². The third kappa shape index (κ3) is 13.2. The summed E-state index contributed by atoms with van der Waals surface area (Å²) in [5, 5.41) is 23.3. The van der Waals surface area contributed by atoms with Crippen molar-refractivity contribution in [1.29, 1.82) is 0 Å². The van der Waals surface area contributed by atoms with Crippen LogP contribution in [0.1, 0.15) is 101 Å². The van der Waals surface area contributed by atoms with Crippen LogP contribution in [0.3, 0.4) is 0 Å². The number of likely N-dealkylation sites (tertiary alicyclic amines) is 1. The topological polar surface area (TPSA) is 259 Å². The van der Waals surface area contributed by atoms with Gasteiger partial charge in [0.15, 0.2) is 28.6 Å². The van der Waals surface area contributed by atoms with Crippen molar-refractivity contribution in [3.05, 3.63) is 334 Å². The average Bonchev–Trinajstić information content (AvgIpc) is 1.42. The molecule has 10 aliphatic rings. The number of benzene rings is 7. The van der Waals surface area contributed by atoms with E-state index in [1.807, 2.05) is 105 Å². The number of amides is 4. The molecule has 0 radical (unpaired) electrons. The van der Waals surface area contributed by atoms with Gasteiger partial charge in [0.1, 0.15) is 37.0 Å². The van der Waals surface area contributed by atoms with E-state index in [1.165, 1.54) is 69.4 Å². The highest BCUT2D eigenvalue weighted by Crippen LogP contribution is 2.55. The Balaban J connectivity index is 0.000000117. The van der Waals surface area contributed by atoms with Crippen molar-refractivity contribution in [3.8, 4) is 82.0 Å². The molecule has 0 spiro atoms. The number of carbonyl (C=O) groups excluding carboxylic acids is 5. The number of thiophene rings is 3. The lowest BCUT2D eigenvalue weighted by Crippen LogP contribution is -2.66. The van der Waals surface area contributed by atoms with Crippen molar-refractivity contribution in [2.45, 2.75) is 62.1 Å². The van der Waals surface area contributed by atoms with E-state index < -0.39 is 65.8 Å². The molecule has 7 aromatic carbocycles. The number of methoxy groups -OCH3 is 1. The second-order valence-corrected chi connectivity index (χ2v) is 34.4. The number of pyridine rings is 3. The molecule has 3 aliphatic carbocycles. The first-order chi connectivity index (χ1) is 61.7. The lowest BCUT2D eigenvalue weighted by atomic mass is 9.92. The van der Waals surface area contributed by atoms with Crippen molar-refractivity contribution >= 4 is 63.8 Å². The Bertz CT molecular complexity index is 6620. The van der Waals surface area contributed by atoms with Crippen molar-refractivity contribution < 1.29 is 66.6 Å². The molecular formula is C96H79FN10O16S3. The van der Waals surface area contributed by atoms with Crippen LogP contribution in [0.4, 0.5) is 9.18 Å². The number of nitrogens with zero attached hydrogens (tertiary/aromatic N) is 10. The molecule has 0 bridgehead atoms. The first-order valence-electron chi connectivity index (χ1n) is 41.5. The second-order valence-electron chi connectivity index (χ2n) is 31.6. The predicted octanol–water partition coefficient (Wildman–Crippen LogP) is 13.8. The fourth-order valence-electron chi connectivity index (χ4n) is 19.5. The zero-order valence-electron chi connectivity index (χ0n) is 67.7. The molecule has 7 atom stereocenters. The maximum Gasteiger partial charge on any atom is 0.413 e. The number of fused-ring (bicyclic) bond motifs is 21. The highest BCUT2D eigenvalue weighted by molar-refractivity contribution is 7.15. The molecule has 1 N–H and O–H groups in total. The summed E-state index contributed by atoms with van der Waals surface area (Å²) in [7, 11) is 1.25. The lowest BCUT2D eigenvalue weighted by molar-refractivity contribution is -0.145. The van der Waals surface area contributed by atoms with Crippen LogP contribution in [0, 0.1) is 5.82 Å². The van der Waals surface area contributed by atoms with Gasteiger partial charge in [0.25, 0.3) is 17.7 Å². The number of hydrogen-bond donors (Lipinski definition) is 1. The van der Waals surface area contributed by atoms with Gasteiger partial charge in [-0.1, -0.05) is 158 Å². The van der Waals surface area contributed by atoms with E-state index >= 15 is 0 Å². The SMILES string of the molecule is COC(=O)[C@@H]1CCCN1C(=O)OCOc1c2n(ccc1=O)N(C1c3ccc(F)cc3-c3ccsc3-c3ccccc31)[C@@H]1COCCN1C2=O.O=C1c2c(O)c(=O)ccn2N([C@@H]2c3ccccc3-c3ccsc3-c3ccccc32)[C@H]2COCCN12.O=C1c2c(OCc3ccccc3)c(=O)ccn2N(C2c3ccccc3-c3ccsc3-c3ccccc32)C2COCCN12. The zero-order valence-corrected chi connectivity index (χ0v) is 70.1. The molecular weight excluding hydrogens is 1660 g/mol. The molecule has 13 aromatic rings. The van der Waals surface area contributed by atoms with Crippen LogP contribution in [-0.4, -0.2) is 173 Å². The first kappa shape index (κ1) is 79.4. The van der Waals surface area contributed by atoms with Crippen molar-refractivity contribution in [2.24, 2.45) is 0 Å². The van der Waals surface area contributed by atoms with Crippen LogP contribution in [0.15, 0.2) is 255 Å². The lowest BCUT2D eigenvalue weighted by Gasteiger charge is -2.51. The van der Waals surface area contributed by atoms with Crippen LogP contribution >= 0.6 is 34.0 Å². The summed E-state index contributed by atoms with van der Waals surface area (Å²) in [6.07, 6.45) is 3.67. The highest BCUT2D eigenvalue weighted by atomic mass is 32.1. The minimum atomic E-state index is -0.801. The molecule has 3 unspecified atom stereocenters. The van der Waals surface area contributed by atoms with E-state index in [9.17, 15) is 47.9 Å². The molecule has 7 aliphatic heterocycles. The normalized spacial score (nSPS) is 19.9. The first-order valence-corrected chi connectivity index (χ1v) is 44.1. The zero-order chi connectivity index (χ0) is 85.7. The second kappa shape index (κ2) is 32.7. The number of esters is 1. The summed E-state index contributed by atoms with van der Waals surface area (Å²) in [5.41, 5.74) is 15.3. The summed E-state index contributed by atoms with van der Waals surface area (Å²) in [6.45, 7) is 2.83. The summed E-state index contributed by atoms with van der Waals surface area (Å²) < 4.78 is 60.0. The van der Waals surface area contributed by atoms with E-state index in [-0.39, 0.29) is 89.6 Å². The monoisotopic (exact) mass is 1740 g/mol. The molecule has 30 heteroatoms. The van der Waals surface area contributed by atoms with Crippen molar-refractivity contribution in [3.63, 3.8) is 0 Å². The van der Waals surface area contributed by atoms with E-state index in [1.54, 1.807) is 71.6 Å². The average molecular weight is 1740 g/mol. The van der Waals surface area contributed by atoms with Crippen LogP contribution < -0.4 is 40.8 Å². The number of ether oxygens (including phenoxy) is 7. The Labute approximate surface area is 731 Å². The Morgan fingerprint density at radius 3 is 1.30 bits per heavy atom. The third-order valence-corrected chi connectivity index (χ3v) is 27.9. The number of hydrogen-bond acceptors (Lipinski definition) is 22. The minimum Gasteiger partial charge on any atom is -0.502 e. The maximum absolute atomic E-state index is 14.9. The summed E-state index contributed by atoms with van der Waals surface area (Å²) >= 11 is 5.01. The Kier molecular flexibility index (Phi) is 20.6. The van der Waals surface area contributed by atoms with Gasteiger partial charge in [0.2, 0.25) is 28.8 Å². The highest BCUT2D eigenvalue weighted by Gasteiger charge is 2.51. The Morgan fingerprint density at radius 2 is 0.833 bits per heavy atom. The summed E-state index contributed by atoms with van der Waals surface area (Å²) in [5.74, 6) is -2.71. The van der Waals surface area contributed by atoms with Gasteiger partial charge in [0.05, 0.1) is 64.9 Å². The third-order valence-electron chi connectivity index (χ3n) is 25.0. The minimum absolute atomic E-state index is 0.00960. The van der Waals surface area contributed by atoms with Gasteiger partial charge in [0, 0.05) is 94.3 Å². The fraction of sp³-hybridized carbons (Fsp3) is 0.229. The molecule has 13 heterocycles. The molecule has 634 valence electrons. The van der Waals surface area contributed by atoms with Crippen molar-refractivity contribution in [1.82, 2.24) is 33.6 Å². The number of rotatable bonds is 10. The number of carbonyl (C=O) groups is 5. The van der Waals surface area contributed by atoms with Gasteiger partial charge in [-0.2, -0.15) is 0 Å². The van der Waals surface area contributed by atoms with Crippen LogP contribution in [0.2, 0.25) is 0 Å². The van der Waals surface area contributed by atoms with Crippen LogP contribution in [-0.2, 0) is 35.1 Å². The molecule has 6 aromatic heterocycles. The number of aromatic nitrogens is 3. The Hall–Kier alpha value is -13.8. The van der Waals surface area contributed by atoms with Gasteiger partial charge in [-0.25, -0.2) is 14.0 Å². The van der Waals surface area contributed by atoms with E-state index in [0.29, 0.717) is 65.5 Å². The number of halogens is 1. The summed E-state index contributed by atoms with van der Waals surface area (Å²) in [6, 6.07) is 64.5. The fourth-order valence-corrected chi connectivity index (χ4v) is 22.4. The van der Waals surface area contributed by atoms with Gasteiger partial charge in [-0.3, -0.25) is 62.7 Å². The van der Waals surface area contributed by atoms with Crippen LogP contribution in [0.5, 0.6) is 17.2 Å². The number of aromatic hydroxyl groups is 1. The molecule has 4 amide bonds. The smallest absolute Gasteiger partial charge is 0.413 e. The van der Waals surface area contributed by atoms with E-state index in [4.69, 9.17) is 33.2 Å². The number of morpholine rings is 3. The molecule has 26 nitrogen and oxygen atoms in total. The largest absolute Gasteiger partial charge is 0.502 e. The van der Waals surface area contributed by atoms with Gasteiger partial charge < -0.3 is 53.0 Å². The van der Waals surface area contributed by atoms with Crippen molar-refractivity contribution in [2.75, 3.05) is 94.7 Å². The van der Waals surface area contributed by atoms with Crippen LogP contribution in [0.25, 0.3) is 64.7 Å². The summed E-state index contributed by atoms with van der Waals surface area (Å²) in [4.78, 5) is 116. The molecule has 4 saturated heterocycles. The van der Waals surface area contributed by atoms with Gasteiger partial charge in [-0.05, 0) is 132 Å². The Morgan fingerprint density at radius 1 is 0.437 bits per heavy atom. The molecule has 126 heavy (non-hydrogen) atoms. The molecule has 0 saturated carbocycles. The standard InChI is InChI=1S/C35H31FN4O8S.C34H27N3O4S.C27H21N3O4S/c1-45-34(43)26-7-4-12-37(26)35(44)48-19-47-31-27(41)10-13-39-30(31)33(42)38-14-15-46-18-28(38)40(39)29-21-5-2-3-6-23(21)32-24(11-16-49-32)25-17-20(36)8-9-22(25)29;38-28-14-16-36-31(32(28)41-20-22-8-2-1-3-9-22)34(39)35-17-18-40-21-29(35)37(36)30-24-11-5-4-10-23(24)27-15-19-42-33(27)26-13-7-6-12-25(26)30;31-21-9-11-29-24(25(21)32)27(33)28-12-13-34-15-22(28)30(29)23-17-6-2-1-5-16(17)20-10-14-35-26(20)19-8-4-3-7-18(19)23/h2-3,5-6,8-11,13,16-17,26,28-29H,4,7,12,14-15,18-19H2,1H3;1-16,19,29-30H,17-18,20-21H2;1-11,14,22-23,32H,12-13,15H2/t26-,28+,29?;;22-,23+/m0.0/s1. The quantitative estimate of drug-likeness (QED) is 0.0985. The molecule has 4 fully saturated rings. The maximum atomic E-state index is 14.9. The van der Waals surface area contributed by atoms with E-state index in [0.717, 1.165) is 82.8 Å². The van der Waals surface area contributed by atoms with Gasteiger partial charge >= 0.3 is 12.1 Å². The predicted molar refractivity (Wildman–Crippen MR) is 471 cm³/mol.